The van der Waals surface area contributed by atoms with Crippen molar-refractivity contribution in [3.63, 3.8) is 0 Å². The van der Waals surface area contributed by atoms with E-state index in [0.717, 1.165) is 38.2 Å². The molecule has 1 aliphatic heterocycles. The van der Waals surface area contributed by atoms with Crippen LogP contribution in [-0.2, 0) is 4.79 Å². The van der Waals surface area contributed by atoms with Gasteiger partial charge in [-0.15, -0.1) is 0 Å². The molecule has 1 saturated carbocycles. The quantitative estimate of drug-likeness (QED) is 0.766. The van der Waals surface area contributed by atoms with E-state index in [1.165, 1.54) is 18.4 Å². The molecule has 6 heteroatoms. The molecule has 1 heterocycles. The molecular weight excluding hydrogens is 376 g/mol. The van der Waals surface area contributed by atoms with Gasteiger partial charge >= 0.3 is 6.03 Å². The Morgan fingerprint density at radius 1 is 1.07 bits per heavy atom. The number of hydrogen-bond acceptors (Lipinski definition) is 3. The van der Waals surface area contributed by atoms with Crippen molar-refractivity contribution in [2.75, 3.05) is 45.1 Å². The third-order valence-electron chi connectivity index (χ3n) is 6.77. The van der Waals surface area contributed by atoms with Crippen molar-refractivity contribution < 1.29 is 9.59 Å². The van der Waals surface area contributed by atoms with Crippen LogP contribution in [0.4, 0.5) is 10.5 Å². The van der Waals surface area contributed by atoms with Gasteiger partial charge in [0.2, 0.25) is 5.91 Å². The highest BCUT2D eigenvalue weighted by Crippen LogP contribution is 2.32. The second-order valence-electron chi connectivity index (χ2n) is 9.07. The maximum absolute atomic E-state index is 13.1. The van der Waals surface area contributed by atoms with Crippen LogP contribution in [0.3, 0.4) is 0 Å². The molecule has 1 aromatic rings. The summed E-state index contributed by atoms with van der Waals surface area (Å²) in [5, 5.41) is 3.02. The van der Waals surface area contributed by atoms with Crippen molar-refractivity contribution in [1.82, 2.24) is 14.7 Å². The summed E-state index contributed by atoms with van der Waals surface area (Å²) in [6.45, 7) is 9.91. The number of likely N-dealkylation sites (N-methyl/N-ethyl adjacent to an activating group) is 1. The summed E-state index contributed by atoms with van der Waals surface area (Å²) in [4.78, 5) is 31.9. The first-order valence-corrected chi connectivity index (χ1v) is 11.6. The molecule has 1 aliphatic carbocycles. The monoisotopic (exact) mass is 414 g/mol. The lowest BCUT2D eigenvalue weighted by Gasteiger charge is -2.41. The number of piperazine rings is 1. The summed E-state index contributed by atoms with van der Waals surface area (Å²) >= 11 is 0. The minimum atomic E-state index is -0.0543. The fourth-order valence-electron chi connectivity index (χ4n) is 4.67. The SMILES string of the molecule is CCN(C)C(=O)C(C1CCCC1)N1CCN(C(=O)Nc2ccc(C(C)C)cc2)CC1. The number of rotatable bonds is 6. The smallest absolute Gasteiger partial charge is 0.321 e. The normalized spacial score (nSPS) is 19.2. The number of carbonyl (C=O) groups excluding carboxylic acids is 2. The predicted octanol–water partition coefficient (Wildman–Crippen LogP) is 4.00. The Balaban J connectivity index is 1.57. The van der Waals surface area contributed by atoms with Crippen molar-refractivity contribution in [2.24, 2.45) is 5.92 Å². The maximum Gasteiger partial charge on any atom is 0.321 e. The molecule has 0 bridgehead atoms. The van der Waals surface area contributed by atoms with Gasteiger partial charge in [-0.1, -0.05) is 38.8 Å². The summed E-state index contributed by atoms with van der Waals surface area (Å²) in [6.07, 6.45) is 4.73. The molecule has 6 nitrogen and oxygen atoms in total. The molecule has 1 unspecified atom stereocenters. The highest BCUT2D eigenvalue weighted by Gasteiger charge is 2.38. The topological polar surface area (TPSA) is 55.9 Å². The minimum Gasteiger partial charge on any atom is -0.345 e. The zero-order valence-corrected chi connectivity index (χ0v) is 19.1. The summed E-state index contributed by atoms with van der Waals surface area (Å²) in [6, 6.07) is 7.99. The van der Waals surface area contributed by atoms with Crippen LogP contribution in [-0.4, -0.2) is 72.5 Å². The molecule has 1 saturated heterocycles. The van der Waals surface area contributed by atoms with Crippen LogP contribution < -0.4 is 5.32 Å². The van der Waals surface area contributed by atoms with Crippen LogP contribution in [0.1, 0.15) is 57.9 Å². The lowest BCUT2D eigenvalue weighted by atomic mass is 9.94. The number of benzene rings is 1. The molecule has 3 amide bonds. The van der Waals surface area contributed by atoms with E-state index in [1.807, 2.05) is 35.9 Å². The van der Waals surface area contributed by atoms with Gasteiger partial charge in [-0.2, -0.15) is 0 Å². The van der Waals surface area contributed by atoms with Gasteiger partial charge in [0.15, 0.2) is 0 Å². The number of anilines is 1. The number of nitrogens with zero attached hydrogens (tertiary/aromatic N) is 3. The lowest BCUT2D eigenvalue weighted by molar-refractivity contribution is -0.138. The highest BCUT2D eigenvalue weighted by atomic mass is 16.2. The van der Waals surface area contributed by atoms with Gasteiger partial charge in [0, 0.05) is 45.5 Å². The van der Waals surface area contributed by atoms with Crippen molar-refractivity contribution >= 4 is 17.6 Å². The van der Waals surface area contributed by atoms with E-state index >= 15 is 0 Å². The van der Waals surface area contributed by atoms with Gasteiger partial charge in [0.05, 0.1) is 6.04 Å². The van der Waals surface area contributed by atoms with Crippen molar-refractivity contribution in [2.45, 2.75) is 58.4 Å². The van der Waals surface area contributed by atoms with Crippen LogP contribution in [0, 0.1) is 5.92 Å². The number of hydrogen-bond donors (Lipinski definition) is 1. The van der Waals surface area contributed by atoms with Crippen LogP contribution >= 0.6 is 0 Å². The molecule has 30 heavy (non-hydrogen) atoms. The molecule has 0 aromatic heterocycles. The number of nitrogens with one attached hydrogen (secondary N) is 1. The molecule has 3 rings (SSSR count). The standard InChI is InChI=1S/C24H38N4O2/c1-5-26(4)23(29)22(20-8-6-7-9-20)27-14-16-28(17-15-27)24(30)25-21-12-10-19(11-13-21)18(2)3/h10-13,18,20,22H,5-9,14-17H2,1-4H3,(H,25,30). The van der Waals surface area contributed by atoms with Crippen LogP contribution in [0.15, 0.2) is 24.3 Å². The van der Waals surface area contributed by atoms with Crippen LogP contribution in [0.5, 0.6) is 0 Å². The summed E-state index contributed by atoms with van der Waals surface area (Å²) in [7, 11) is 1.90. The van der Waals surface area contributed by atoms with E-state index in [1.54, 1.807) is 0 Å². The fraction of sp³-hybridized carbons (Fsp3) is 0.667. The number of urea groups is 1. The highest BCUT2D eigenvalue weighted by molar-refractivity contribution is 5.89. The molecule has 2 fully saturated rings. The first kappa shape index (κ1) is 22.6. The Labute approximate surface area is 181 Å². The summed E-state index contributed by atoms with van der Waals surface area (Å²) in [5.74, 6) is 1.17. The molecule has 1 aromatic carbocycles. The van der Waals surface area contributed by atoms with Gasteiger partial charge in [0.25, 0.3) is 0 Å². The Kier molecular flexibility index (Phi) is 7.75. The Bertz CT molecular complexity index is 704. The average Bonchev–Trinajstić information content (AvgIpc) is 3.28. The van der Waals surface area contributed by atoms with Gasteiger partial charge < -0.3 is 15.1 Å². The minimum absolute atomic E-state index is 0.0359. The molecule has 1 atom stereocenters. The third-order valence-corrected chi connectivity index (χ3v) is 6.77. The van der Waals surface area contributed by atoms with Crippen molar-refractivity contribution in [3.05, 3.63) is 29.8 Å². The summed E-state index contributed by atoms with van der Waals surface area (Å²) in [5.41, 5.74) is 2.09. The van der Waals surface area contributed by atoms with E-state index in [4.69, 9.17) is 0 Å². The Morgan fingerprint density at radius 2 is 1.67 bits per heavy atom. The molecule has 1 N–H and O–H groups in total. The zero-order valence-electron chi connectivity index (χ0n) is 19.1. The third kappa shape index (κ3) is 5.34. The molecule has 166 valence electrons. The van der Waals surface area contributed by atoms with E-state index in [2.05, 4.69) is 36.2 Å². The summed E-state index contributed by atoms with van der Waals surface area (Å²) < 4.78 is 0. The van der Waals surface area contributed by atoms with Gasteiger partial charge in [0.1, 0.15) is 0 Å². The van der Waals surface area contributed by atoms with Crippen molar-refractivity contribution in [3.8, 4) is 0 Å². The van der Waals surface area contributed by atoms with Gasteiger partial charge in [-0.25, -0.2) is 4.79 Å². The molecule has 2 aliphatic rings. The first-order valence-electron chi connectivity index (χ1n) is 11.6. The predicted molar refractivity (Wildman–Crippen MR) is 122 cm³/mol. The van der Waals surface area contributed by atoms with Crippen LogP contribution in [0.25, 0.3) is 0 Å². The van der Waals surface area contributed by atoms with Crippen LogP contribution in [0.2, 0.25) is 0 Å². The molecule has 0 radical (unpaired) electrons. The zero-order chi connectivity index (χ0) is 21.7. The largest absolute Gasteiger partial charge is 0.345 e. The molecule has 0 spiro atoms. The Morgan fingerprint density at radius 3 is 2.20 bits per heavy atom. The number of amides is 3. The Hall–Kier alpha value is -2.08. The maximum atomic E-state index is 13.1. The first-order chi connectivity index (χ1) is 14.4. The van der Waals surface area contributed by atoms with Crippen molar-refractivity contribution in [1.29, 1.82) is 0 Å². The van der Waals surface area contributed by atoms with E-state index in [9.17, 15) is 9.59 Å². The number of carbonyl (C=O) groups is 2. The van der Waals surface area contributed by atoms with Gasteiger partial charge in [-0.3, -0.25) is 9.69 Å². The second kappa shape index (κ2) is 10.3. The lowest BCUT2D eigenvalue weighted by Crippen LogP contribution is -2.58. The molecular formula is C24H38N4O2. The fourth-order valence-corrected chi connectivity index (χ4v) is 4.67. The average molecular weight is 415 g/mol. The second-order valence-corrected chi connectivity index (χ2v) is 9.07. The van der Waals surface area contributed by atoms with Gasteiger partial charge in [-0.05, 0) is 49.3 Å². The van der Waals surface area contributed by atoms with E-state index in [0.29, 0.717) is 24.9 Å². The van der Waals surface area contributed by atoms with E-state index < -0.39 is 0 Å². The van der Waals surface area contributed by atoms with E-state index in [-0.39, 0.29) is 18.0 Å².